The van der Waals surface area contributed by atoms with Crippen molar-refractivity contribution < 1.29 is 4.79 Å². The highest BCUT2D eigenvalue weighted by atomic mass is 16.1. The standard InChI is InChI=1S/C14H16N2O/c1-3-5-11-6-4-7-12(8-11)14(17)13-9-16(2)10-15-13/h4,6-10H,3,5H2,1-2H3. The summed E-state index contributed by atoms with van der Waals surface area (Å²) < 4.78 is 1.78. The Morgan fingerprint density at radius 3 is 2.88 bits per heavy atom. The van der Waals surface area contributed by atoms with Crippen molar-refractivity contribution in [1.29, 1.82) is 0 Å². The van der Waals surface area contributed by atoms with E-state index in [1.54, 1.807) is 17.1 Å². The maximum atomic E-state index is 12.1. The number of carbonyl (C=O) groups excluding carboxylic acids is 1. The van der Waals surface area contributed by atoms with Gasteiger partial charge in [0.1, 0.15) is 5.69 Å². The van der Waals surface area contributed by atoms with Crippen LogP contribution in [0.15, 0.2) is 36.8 Å². The summed E-state index contributed by atoms with van der Waals surface area (Å²) in [4.78, 5) is 16.2. The van der Waals surface area contributed by atoms with Crippen molar-refractivity contribution in [2.24, 2.45) is 7.05 Å². The number of aryl methyl sites for hydroxylation is 2. The summed E-state index contributed by atoms with van der Waals surface area (Å²) >= 11 is 0. The van der Waals surface area contributed by atoms with E-state index in [9.17, 15) is 4.79 Å². The molecule has 0 unspecified atom stereocenters. The van der Waals surface area contributed by atoms with Gasteiger partial charge in [0.15, 0.2) is 0 Å². The monoisotopic (exact) mass is 228 g/mol. The fourth-order valence-corrected chi connectivity index (χ4v) is 1.83. The van der Waals surface area contributed by atoms with Gasteiger partial charge in [-0.1, -0.05) is 31.5 Å². The van der Waals surface area contributed by atoms with Gasteiger partial charge in [-0.2, -0.15) is 0 Å². The Balaban J connectivity index is 2.27. The number of hydrogen-bond donors (Lipinski definition) is 0. The van der Waals surface area contributed by atoms with Gasteiger partial charge < -0.3 is 4.57 Å². The van der Waals surface area contributed by atoms with Crippen LogP contribution in [0.2, 0.25) is 0 Å². The van der Waals surface area contributed by atoms with E-state index in [4.69, 9.17) is 0 Å². The summed E-state index contributed by atoms with van der Waals surface area (Å²) in [5.74, 6) is -0.0106. The molecular weight excluding hydrogens is 212 g/mol. The van der Waals surface area contributed by atoms with E-state index in [1.807, 2.05) is 25.2 Å². The molecule has 0 spiro atoms. The minimum absolute atomic E-state index is 0.0106. The summed E-state index contributed by atoms with van der Waals surface area (Å²) in [5, 5.41) is 0. The first-order valence-corrected chi connectivity index (χ1v) is 5.82. The molecule has 0 bridgehead atoms. The number of imidazole rings is 1. The Bertz CT molecular complexity index is 529. The number of hydrogen-bond acceptors (Lipinski definition) is 2. The van der Waals surface area contributed by atoms with Crippen molar-refractivity contribution >= 4 is 5.78 Å². The van der Waals surface area contributed by atoms with E-state index in [0.29, 0.717) is 5.69 Å². The topological polar surface area (TPSA) is 34.9 Å². The quantitative estimate of drug-likeness (QED) is 0.754. The first kappa shape index (κ1) is 11.6. The van der Waals surface area contributed by atoms with Crippen molar-refractivity contribution in [2.45, 2.75) is 19.8 Å². The summed E-state index contributed by atoms with van der Waals surface area (Å²) in [6.45, 7) is 2.13. The highest BCUT2D eigenvalue weighted by Gasteiger charge is 2.11. The first-order valence-electron chi connectivity index (χ1n) is 5.82. The molecule has 0 fully saturated rings. The van der Waals surface area contributed by atoms with Gasteiger partial charge in [-0.3, -0.25) is 4.79 Å². The van der Waals surface area contributed by atoms with E-state index in [1.165, 1.54) is 5.56 Å². The van der Waals surface area contributed by atoms with Crippen molar-refractivity contribution in [1.82, 2.24) is 9.55 Å². The molecule has 0 aliphatic carbocycles. The SMILES string of the molecule is CCCc1cccc(C(=O)c2cn(C)cn2)c1. The van der Waals surface area contributed by atoms with E-state index < -0.39 is 0 Å². The lowest BCUT2D eigenvalue weighted by Gasteiger charge is -2.02. The molecule has 0 saturated heterocycles. The number of ketones is 1. The maximum Gasteiger partial charge on any atom is 0.212 e. The van der Waals surface area contributed by atoms with Gasteiger partial charge in [0.25, 0.3) is 0 Å². The van der Waals surface area contributed by atoms with Crippen LogP contribution in [0.3, 0.4) is 0 Å². The lowest BCUT2D eigenvalue weighted by atomic mass is 10.0. The van der Waals surface area contributed by atoms with Crippen LogP contribution in [0.1, 0.15) is 35.0 Å². The Hall–Kier alpha value is -1.90. The predicted octanol–water partition coefficient (Wildman–Crippen LogP) is 2.60. The molecule has 0 saturated carbocycles. The molecule has 0 aliphatic heterocycles. The van der Waals surface area contributed by atoms with Gasteiger partial charge >= 0.3 is 0 Å². The molecule has 0 N–H and O–H groups in total. The van der Waals surface area contributed by atoms with Crippen LogP contribution in [0, 0.1) is 0 Å². The Labute approximate surface area is 101 Å². The third-order valence-electron chi connectivity index (χ3n) is 2.67. The first-order chi connectivity index (χ1) is 8.20. The molecule has 2 aromatic rings. The third kappa shape index (κ3) is 2.61. The second kappa shape index (κ2) is 4.95. The number of benzene rings is 1. The number of rotatable bonds is 4. The second-order valence-electron chi connectivity index (χ2n) is 4.20. The molecule has 1 aromatic heterocycles. The van der Waals surface area contributed by atoms with E-state index in [-0.39, 0.29) is 5.78 Å². The van der Waals surface area contributed by atoms with Gasteiger partial charge in [0, 0.05) is 18.8 Å². The number of nitrogens with zero attached hydrogens (tertiary/aromatic N) is 2. The summed E-state index contributed by atoms with van der Waals surface area (Å²) in [7, 11) is 1.86. The largest absolute Gasteiger partial charge is 0.340 e. The zero-order valence-corrected chi connectivity index (χ0v) is 10.2. The molecular formula is C14H16N2O. The maximum absolute atomic E-state index is 12.1. The van der Waals surface area contributed by atoms with Crippen molar-refractivity contribution in [3.63, 3.8) is 0 Å². The van der Waals surface area contributed by atoms with E-state index in [2.05, 4.69) is 18.0 Å². The molecule has 0 radical (unpaired) electrons. The lowest BCUT2D eigenvalue weighted by Crippen LogP contribution is -2.02. The van der Waals surface area contributed by atoms with E-state index >= 15 is 0 Å². The predicted molar refractivity (Wildman–Crippen MR) is 67.1 cm³/mol. The van der Waals surface area contributed by atoms with Crippen LogP contribution < -0.4 is 0 Å². The average Bonchev–Trinajstić information content (AvgIpc) is 2.76. The molecule has 3 heteroatoms. The smallest absolute Gasteiger partial charge is 0.212 e. The van der Waals surface area contributed by atoms with Gasteiger partial charge in [-0.25, -0.2) is 4.98 Å². The summed E-state index contributed by atoms with van der Waals surface area (Å²) in [6, 6.07) is 7.79. The Kier molecular flexibility index (Phi) is 3.38. The molecule has 88 valence electrons. The minimum atomic E-state index is -0.0106. The van der Waals surface area contributed by atoms with Gasteiger partial charge in [-0.15, -0.1) is 0 Å². The van der Waals surface area contributed by atoms with Crippen LogP contribution in [-0.4, -0.2) is 15.3 Å². The Morgan fingerprint density at radius 1 is 1.41 bits per heavy atom. The van der Waals surface area contributed by atoms with Crippen LogP contribution >= 0.6 is 0 Å². The van der Waals surface area contributed by atoms with Crippen LogP contribution in [0.4, 0.5) is 0 Å². The fourth-order valence-electron chi connectivity index (χ4n) is 1.83. The molecule has 17 heavy (non-hydrogen) atoms. The normalized spacial score (nSPS) is 10.5. The molecule has 1 heterocycles. The minimum Gasteiger partial charge on any atom is -0.340 e. The van der Waals surface area contributed by atoms with Crippen LogP contribution in [-0.2, 0) is 13.5 Å². The fraction of sp³-hybridized carbons (Fsp3) is 0.286. The Morgan fingerprint density at radius 2 is 2.24 bits per heavy atom. The molecule has 0 aliphatic rings. The highest BCUT2D eigenvalue weighted by molar-refractivity contribution is 6.07. The molecule has 3 nitrogen and oxygen atoms in total. The third-order valence-corrected chi connectivity index (χ3v) is 2.67. The van der Waals surface area contributed by atoms with Gasteiger partial charge in [0.05, 0.1) is 6.33 Å². The molecule has 0 atom stereocenters. The molecule has 2 rings (SSSR count). The van der Waals surface area contributed by atoms with Gasteiger partial charge in [0.2, 0.25) is 5.78 Å². The average molecular weight is 228 g/mol. The van der Waals surface area contributed by atoms with Crippen molar-refractivity contribution in [3.05, 3.63) is 53.6 Å². The molecule has 1 aromatic carbocycles. The summed E-state index contributed by atoms with van der Waals surface area (Å²) in [6.07, 6.45) is 5.47. The zero-order chi connectivity index (χ0) is 12.3. The number of carbonyl (C=O) groups is 1. The second-order valence-corrected chi connectivity index (χ2v) is 4.20. The van der Waals surface area contributed by atoms with Crippen molar-refractivity contribution in [3.8, 4) is 0 Å². The van der Waals surface area contributed by atoms with Gasteiger partial charge in [-0.05, 0) is 18.1 Å². The zero-order valence-electron chi connectivity index (χ0n) is 10.2. The lowest BCUT2D eigenvalue weighted by molar-refractivity contribution is 0.103. The van der Waals surface area contributed by atoms with Crippen LogP contribution in [0.5, 0.6) is 0 Å². The molecule has 0 amide bonds. The summed E-state index contributed by atoms with van der Waals surface area (Å²) in [5.41, 5.74) is 2.42. The number of aromatic nitrogens is 2. The van der Waals surface area contributed by atoms with Crippen LogP contribution in [0.25, 0.3) is 0 Å². The highest BCUT2D eigenvalue weighted by Crippen LogP contribution is 2.11. The van der Waals surface area contributed by atoms with E-state index in [0.717, 1.165) is 18.4 Å². The van der Waals surface area contributed by atoms with Crippen molar-refractivity contribution in [2.75, 3.05) is 0 Å².